The summed E-state index contributed by atoms with van der Waals surface area (Å²) in [5.74, 6) is -0.341. The fourth-order valence-electron chi connectivity index (χ4n) is 3.09. The number of hydrogen-bond acceptors (Lipinski definition) is 4. The van der Waals surface area contributed by atoms with Gasteiger partial charge >= 0.3 is 0 Å². The minimum Gasteiger partial charge on any atom is -0.508 e. The summed E-state index contributed by atoms with van der Waals surface area (Å²) < 4.78 is 0. The zero-order valence-electron chi connectivity index (χ0n) is 16.5. The number of hydrogen-bond donors (Lipinski definition) is 1. The first-order valence-corrected chi connectivity index (χ1v) is 9.34. The highest BCUT2D eigenvalue weighted by Gasteiger charge is 2.07. The lowest BCUT2D eigenvalue weighted by Crippen LogP contribution is -2.09. The Morgan fingerprint density at radius 2 is 1.45 bits per heavy atom. The van der Waals surface area contributed by atoms with Crippen molar-refractivity contribution in [2.45, 2.75) is 6.42 Å². The van der Waals surface area contributed by atoms with Gasteiger partial charge in [-0.05, 0) is 46.9 Å². The highest BCUT2D eigenvalue weighted by molar-refractivity contribution is 6.11. The Bertz CT molecular complexity index is 1090. The molecule has 0 amide bonds. The van der Waals surface area contributed by atoms with Crippen LogP contribution in [0.15, 0.2) is 72.8 Å². The molecular weight excluding hydrogens is 362 g/mol. The molecule has 4 heteroatoms. The van der Waals surface area contributed by atoms with Crippen molar-refractivity contribution in [1.29, 1.82) is 0 Å². The normalized spacial score (nSPS) is 11.4. The van der Waals surface area contributed by atoms with E-state index in [0.717, 1.165) is 27.6 Å². The van der Waals surface area contributed by atoms with E-state index in [1.54, 1.807) is 36.4 Å². The van der Waals surface area contributed by atoms with Crippen molar-refractivity contribution in [2.24, 2.45) is 0 Å². The van der Waals surface area contributed by atoms with Gasteiger partial charge in [-0.25, -0.2) is 0 Å². The number of phenols is 1. The maximum atomic E-state index is 12.2. The molecular formula is C25H23NO3. The van der Waals surface area contributed by atoms with Crippen LogP contribution in [0.5, 0.6) is 5.75 Å². The molecule has 0 unspecified atom stereocenters. The molecule has 0 aliphatic heterocycles. The predicted molar refractivity (Wildman–Crippen MR) is 119 cm³/mol. The van der Waals surface area contributed by atoms with Crippen molar-refractivity contribution >= 4 is 40.2 Å². The van der Waals surface area contributed by atoms with Gasteiger partial charge in [0, 0.05) is 25.2 Å². The van der Waals surface area contributed by atoms with Crippen LogP contribution in [0.25, 0.3) is 22.9 Å². The summed E-state index contributed by atoms with van der Waals surface area (Å²) in [5, 5.41) is 11.4. The highest BCUT2D eigenvalue weighted by Crippen LogP contribution is 2.29. The van der Waals surface area contributed by atoms with Gasteiger partial charge in [0.25, 0.3) is 0 Å². The van der Waals surface area contributed by atoms with Gasteiger partial charge in [-0.3, -0.25) is 9.59 Å². The molecule has 4 nitrogen and oxygen atoms in total. The Hall–Kier alpha value is -3.66. The number of fused-ring (bicyclic) bond motifs is 1. The third kappa shape index (κ3) is 5.20. The first kappa shape index (κ1) is 20.1. The van der Waals surface area contributed by atoms with E-state index in [-0.39, 0.29) is 23.7 Å². The summed E-state index contributed by atoms with van der Waals surface area (Å²) in [6.07, 6.45) is 6.06. The quantitative estimate of drug-likeness (QED) is 0.466. The van der Waals surface area contributed by atoms with Gasteiger partial charge in [0.1, 0.15) is 5.75 Å². The van der Waals surface area contributed by atoms with Gasteiger partial charge in [-0.2, -0.15) is 0 Å². The zero-order valence-corrected chi connectivity index (χ0v) is 16.5. The number of carbonyl (C=O) groups is 2. The number of allylic oxidation sites excluding steroid dienone is 2. The van der Waals surface area contributed by atoms with Crippen molar-refractivity contribution in [3.8, 4) is 5.75 Å². The van der Waals surface area contributed by atoms with Crippen LogP contribution in [0.3, 0.4) is 0 Å². The fourth-order valence-corrected chi connectivity index (χ4v) is 3.09. The van der Waals surface area contributed by atoms with E-state index in [1.165, 1.54) is 12.2 Å². The third-order valence-corrected chi connectivity index (χ3v) is 4.57. The molecule has 0 aromatic heterocycles. The first-order valence-electron chi connectivity index (χ1n) is 9.34. The number of ketones is 2. The second-order valence-electron chi connectivity index (χ2n) is 6.98. The van der Waals surface area contributed by atoms with E-state index >= 15 is 0 Å². The molecule has 0 saturated heterocycles. The molecule has 3 rings (SSSR count). The molecule has 1 N–H and O–H groups in total. The average molecular weight is 385 g/mol. The minimum absolute atomic E-state index is 0.167. The summed E-state index contributed by atoms with van der Waals surface area (Å²) >= 11 is 0. The van der Waals surface area contributed by atoms with Crippen LogP contribution in [0, 0.1) is 0 Å². The highest BCUT2D eigenvalue weighted by atomic mass is 16.3. The third-order valence-electron chi connectivity index (χ3n) is 4.57. The largest absolute Gasteiger partial charge is 0.508 e. The predicted octanol–water partition coefficient (Wildman–Crippen LogP) is 4.87. The monoisotopic (exact) mass is 385 g/mol. The summed E-state index contributed by atoms with van der Waals surface area (Å²) in [6.45, 7) is 0. The van der Waals surface area contributed by atoms with Gasteiger partial charge in [0.05, 0.1) is 6.42 Å². The molecule has 0 bridgehead atoms. The van der Waals surface area contributed by atoms with Crippen molar-refractivity contribution < 1.29 is 14.7 Å². The van der Waals surface area contributed by atoms with Gasteiger partial charge in [-0.1, -0.05) is 54.6 Å². The van der Waals surface area contributed by atoms with Gasteiger partial charge in [0.15, 0.2) is 11.6 Å². The second-order valence-corrected chi connectivity index (χ2v) is 6.98. The maximum absolute atomic E-state index is 12.2. The summed E-state index contributed by atoms with van der Waals surface area (Å²) in [4.78, 5) is 26.3. The molecule has 0 fully saturated rings. The van der Waals surface area contributed by atoms with Crippen molar-refractivity contribution in [3.05, 3.63) is 83.9 Å². The van der Waals surface area contributed by atoms with Crippen molar-refractivity contribution in [1.82, 2.24) is 0 Å². The number of anilines is 1. The fraction of sp³-hybridized carbons (Fsp3) is 0.120. The molecule has 3 aromatic carbocycles. The van der Waals surface area contributed by atoms with E-state index in [2.05, 4.69) is 11.0 Å². The number of benzene rings is 3. The first-order chi connectivity index (χ1) is 13.9. The van der Waals surface area contributed by atoms with Crippen LogP contribution in [0.4, 0.5) is 5.69 Å². The molecule has 0 atom stereocenters. The van der Waals surface area contributed by atoms with E-state index in [9.17, 15) is 14.7 Å². The van der Waals surface area contributed by atoms with E-state index < -0.39 is 0 Å². The molecule has 0 radical (unpaired) electrons. The summed E-state index contributed by atoms with van der Waals surface area (Å²) in [5.41, 5.74) is 2.83. The zero-order chi connectivity index (χ0) is 20.8. The smallest absolute Gasteiger partial charge is 0.163 e. The Morgan fingerprint density at radius 3 is 2.10 bits per heavy atom. The number of aromatic hydroxyl groups is 1. The molecule has 3 aromatic rings. The molecule has 0 spiro atoms. The molecule has 146 valence electrons. The van der Waals surface area contributed by atoms with Crippen LogP contribution in [-0.4, -0.2) is 30.8 Å². The van der Waals surface area contributed by atoms with Crippen LogP contribution in [0.1, 0.15) is 17.5 Å². The topological polar surface area (TPSA) is 57.6 Å². The summed E-state index contributed by atoms with van der Waals surface area (Å²) in [6, 6.07) is 18.5. The number of phenolic OH excluding ortho intramolecular Hbond substituents is 1. The van der Waals surface area contributed by atoms with E-state index in [1.807, 2.05) is 44.4 Å². The SMILES string of the molecule is CN(C)c1ccc(C=CC(=O)CC(=O)C=Cc2ccc(O)cc2)c2ccccc12. The average Bonchev–Trinajstić information content (AvgIpc) is 2.71. The Kier molecular flexibility index (Phi) is 6.25. The number of nitrogens with zero attached hydrogens (tertiary/aromatic N) is 1. The number of carbonyl (C=O) groups excluding carboxylic acids is 2. The maximum Gasteiger partial charge on any atom is 0.163 e. The lowest BCUT2D eigenvalue weighted by molar-refractivity contribution is -0.121. The van der Waals surface area contributed by atoms with E-state index in [4.69, 9.17) is 0 Å². The van der Waals surface area contributed by atoms with Gasteiger partial charge in [0.2, 0.25) is 0 Å². The molecule has 0 saturated carbocycles. The van der Waals surface area contributed by atoms with Gasteiger partial charge < -0.3 is 10.0 Å². The standard InChI is InChI=1S/C25H23NO3/c1-26(2)25-16-11-19(23-5-3-4-6-24(23)25)10-15-22(29)17-21(28)14-9-18-7-12-20(27)13-8-18/h3-16,27H,17H2,1-2H3. The lowest BCUT2D eigenvalue weighted by atomic mass is 10.0. The lowest BCUT2D eigenvalue weighted by Gasteiger charge is -2.16. The van der Waals surface area contributed by atoms with Gasteiger partial charge in [-0.15, -0.1) is 0 Å². The van der Waals surface area contributed by atoms with Crippen LogP contribution >= 0.6 is 0 Å². The molecule has 0 aliphatic rings. The Balaban J connectivity index is 1.70. The Morgan fingerprint density at radius 1 is 0.828 bits per heavy atom. The minimum atomic E-state index is -0.263. The molecule has 29 heavy (non-hydrogen) atoms. The summed E-state index contributed by atoms with van der Waals surface area (Å²) in [7, 11) is 4.00. The van der Waals surface area contributed by atoms with Crippen LogP contribution in [0.2, 0.25) is 0 Å². The van der Waals surface area contributed by atoms with Crippen molar-refractivity contribution in [3.63, 3.8) is 0 Å². The number of rotatable bonds is 7. The van der Waals surface area contributed by atoms with Crippen LogP contribution in [-0.2, 0) is 9.59 Å². The van der Waals surface area contributed by atoms with Crippen molar-refractivity contribution in [2.75, 3.05) is 19.0 Å². The molecule has 0 heterocycles. The van der Waals surface area contributed by atoms with Crippen LogP contribution < -0.4 is 4.90 Å². The Labute approximate surface area is 170 Å². The molecule has 0 aliphatic carbocycles. The second kappa shape index (κ2) is 9.02. The van der Waals surface area contributed by atoms with E-state index in [0.29, 0.717) is 0 Å².